The average molecular weight is 314 g/mol. The Morgan fingerprint density at radius 2 is 2.05 bits per heavy atom. The lowest BCUT2D eigenvalue weighted by atomic mass is 9.84. The number of hydrogen-bond acceptors (Lipinski definition) is 3. The molecule has 0 aromatic carbocycles. The van der Waals surface area contributed by atoms with Gasteiger partial charge in [0.15, 0.2) is 0 Å². The lowest BCUT2D eigenvalue weighted by Crippen LogP contribution is -2.57. The van der Waals surface area contributed by atoms with Crippen molar-refractivity contribution in [3.63, 3.8) is 0 Å². The van der Waals surface area contributed by atoms with Crippen LogP contribution in [0.4, 0.5) is 4.79 Å². The number of rotatable bonds is 3. The highest BCUT2D eigenvalue weighted by Crippen LogP contribution is 2.30. The molecule has 2 aliphatic heterocycles. The highest BCUT2D eigenvalue weighted by molar-refractivity contribution is 8.00. The Morgan fingerprint density at radius 1 is 1.29 bits per heavy atom. The number of urea groups is 1. The van der Waals surface area contributed by atoms with Crippen LogP contribution < -0.4 is 5.32 Å². The van der Waals surface area contributed by atoms with Crippen molar-refractivity contribution in [2.45, 2.75) is 50.8 Å². The van der Waals surface area contributed by atoms with Crippen LogP contribution in [0, 0.1) is 5.92 Å². The van der Waals surface area contributed by atoms with E-state index in [0.29, 0.717) is 12.0 Å². The van der Waals surface area contributed by atoms with E-state index in [1.807, 2.05) is 11.8 Å². The Labute approximate surface area is 134 Å². The van der Waals surface area contributed by atoms with Crippen molar-refractivity contribution in [2.24, 2.45) is 5.92 Å². The number of likely N-dealkylation sites (tertiary alicyclic amines) is 2. The largest absolute Gasteiger partial charge is 0.337 e. The van der Waals surface area contributed by atoms with Crippen molar-refractivity contribution in [2.75, 3.05) is 39.0 Å². The average Bonchev–Trinajstić information content (AvgIpc) is 2.41. The van der Waals surface area contributed by atoms with E-state index in [9.17, 15) is 4.79 Å². The molecule has 2 rings (SSSR count). The zero-order valence-electron chi connectivity index (χ0n) is 14.0. The predicted molar refractivity (Wildman–Crippen MR) is 90.9 cm³/mol. The molecule has 4 nitrogen and oxygen atoms in total. The second kappa shape index (κ2) is 7.23. The first-order valence-corrected chi connectivity index (χ1v) is 9.22. The molecule has 0 spiro atoms. The predicted octanol–water partition coefficient (Wildman–Crippen LogP) is 2.64. The fraction of sp³-hybridized carbons (Fsp3) is 0.938. The van der Waals surface area contributed by atoms with E-state index in [2.05, 4.69) is 42.9 Å². The molecule has 2 aliphatic rings. The van der Waals surface area contributed by atoms with Gasteiger partial charge in [0, 0.05) is 36.2 Å². The Balaban J connectivity index is 1.78. The molecule has 0 radical (unpaired) electrons. The number of nitrogens with zero attached hydrogens (tertiary/aromatic N) is 2. The van der Waals surface area contributed by atoms with Gasteiger partial charge >= 0.3 is 6.03 Å². The SMILES string of the molecule is CN1CC[C@H]2[C@H](CCCN2C(=O)NCCSC(C)(C)C)C1. The summed E-state index contributed by atoms with van der Waals surface area (Å²) in [6, 6.07) is 0.619. The number of carbonyl (C=O) groups excluding carboxylic acids is 1. The van der Waals surface area contributed by atoms with Crippen molar-refractivity contribution in [1.82, 2.24) is 15.1 Å². The van der Waals surface area contributed by atoms with Crippen LogP contribution in [0.3, 0.4) is 0 Å². The van der Waals surface area contributed by atoms with Gasteiger partial charge in [-0.3, -0.25) is 0 Å². The second-order valence-electron chi connectivity index (χ2n) is 7.41. The number of hydrogen-bond donors (Lipinski definition) is 1. The number of fused-ring (bicyclic) bond motifs is 1. The minimum atomic E-state index is 0.156. The number of nitrogens with one attached hydrogen (secondary N) is 1. The lowest BCUT2D eigenvalue weighted by Gasteiger charge is -2.46. The van der Waals surface area contributed by atoms with Gasteiger partial charge in [-0.2, -0.15) is 11.8 Å². The molecule has 2 amide bonds. The molecule has 0 bridgehead atoms. The van der Waals surface area contributed by atoms with E-state index < -0.39 is 0 Å². The molecule has 0 unspecified atom stereocenters. The molecule has 2 atom stereocenters. The molecule has 0 aromatic heterocycles. The van der Waals surface area contributed by atoms with Crippen LogP contribution in [0.2, 0.25) is 0 Å². The first-order chi connectivity index (χ1) is 9.87. The smallest absolute Gasteiger partial charge is 0.317 e. The molecule has 1 N–H and O–H groups in total. The molecule has 122 valence electrons. The number of carbonyl (C=O) groups is 1. The molecular formula is C16H31N3OS. The maximum Gasteiger partial charge on any atom is 0.317 e. The standard InChI is InChI=1S/C16H31N3OS/c1-16(2,3)21-11-8-17-15(20)19-9-5-6-13-12-18(4)10-7-14(13)19/h13-14H,5-12H2,1-4H3,(H,17,20)/t13-,14+/m1/s1. The fourth-order valence-electron chi connectivity index (χ4n) is 3.45. The summed E-state index contributed by atoms with van der Waals surface area (Å²) in [7, 11) is 2.19. The van der Waals surface area contributed by atoms with Gasteiger partial charge in [0.1, 0.15) is 0 Å². The maximum atomic E-state index is 12.5. The third-order valence-electron chi connectivity index (χ3n) is 4.45. The zero-order valence-corrected chi connectivity index (χ0v) is 14.8. The van der Waals surface area contributed by atoms with Gasteiger partial charge in [-0.25, -0.2) is 4.79 Å². The van der Waals surface area contributed by atoms with Gasteiger partial charge in [-0.05, 0) is 38.8 Å². The van der Waals surface area contributed by atoms with E-state index in [0.717, 1.165) is 44.8 Å². The minimum absolute atomic E-state index is 0.156. The van der Waals surface area contributed by atoms with Gasteiger partial charge in [0.2, 0.25) is 0 Å². The van der Waals surface area contributed by atoms with Crippen LogP contribution in [0.15, 0.2) is 0 Å². The monoisotopic (exact) mass is 313 g/mol. The fourth-order valence-corrected chi connectivity index (χ4v) is 4.27. The third-order valence-corrected chi connectivity index (χ3v) is 5.72. The summed E-state index contributed by atoms with van der Waals surface area (Å²) in [4.78, 5) is 17.0. The third kappa shape index (κ3) is 5.06. The Morgan fingerprint density at radius 3 is 2.76 bits per heavy atom. The van der Waals surface area contributed by atoms with Crippen LogP contribution in [0.25, 0.3) is 0 Å². The van der Waals surface area contributed by atoms with E-state index in [-0.39, 0.29) is 10.8 Å². The second-order valence-corrected chi connectivity index (χ2v) is 9.33. The highest BCUT2D eigenvalue weighted by atomic mass is 32.2. The van der Waals surface area contributed by atoms with E-state index in [1.165, 1.54) is 6.42 Å². The van der Waals surface area contributed by atoms with Crippen molar-refractivity contribution in [3.05, 3.63) is 0 Å². The molecule has 2 fully saturated rings. The van der Waals surface area contributed by atoms with Crippen LogP contribution >= 0.6 is 11.8 Å². The van der Waals surface area contributed by atoms with Crippen LogP contribution in [-0.2, 0) is 0 Å². The molecule has 5 heteroatoms. The Hall–Kier alpha value is -0.420. The normalized spacial score (nSPS) is 27.3. The molecule has 0 aliphatic carbocycles. The molecule has 0 aromatic rings. The van der Waals surface area contributed by atoms with Gasteiger partial charge in [-0.15, -0.1) is 0 Å². The molecule has 21 heavy (non-hydrogen) atoms. The Bertz CT molecular complexity index is 356. The van der Waals surface area contributed by atoms with Gasteiger partial charge < -0.3 is 15.1 Å². The maximum absolute atomic E-state index is 12.5. The summed E-state index contributed by atoms with van der Waals surface area (Å²) in [5.41, 5.74) is 0. The molecule has 0 saturated carbocycles. The Kier molecular flexibility index (Phi) is 5.83. The summed E-state index contributed by atoms with van der Waals surface area (Å²) >= 11 is 1.91. The van der Waals surface area contributed by atoms with Crippen LogP contribution in [0.5, 0.6) is 0 Å². The van der Waals surface area contributed by atoms with Crippen molar-refractivity contribution in [1.29, 1.82) is 0 Å². The van der Waals surface area contributed by atoms with Crippen LogP contribution in [0.1, 0.15) is 40.0 Å². The number of thioether (sulfide) groups is 1. The van der Waals surface area contributed by atoms with Gasteiger partial charge in [-0.1, -0.05) is 20.8 Å². The molecule has 2 saturated heterocycles. The number of piperidine rings is 2. The summed E-state index contributed by atoms with van der Waals surface area (Å²) in [6.07, 6.45) is 3.56. The van der Waals surface area contributed by atoms with Crippen molar-refractivity contribution < 1.29 is 4.79 Å². The topological polar surface area (TPSA) is 35.6 Å². The first kappa shape index (κ1) is 16.9. The van der Waals surface area contributed by atoms with Gasteiger partial charge in [0.25, 0.3) is 0 Å². The van der Waals surface area contributed by atoms with E-state index >= 15 is 0 Å². The zero-order chi connectivity index (χ0) is 15.5. The summed E-state index contributed by atoms with van der Waals surface area (Å²) in [6.45, 7) is 10.6. The van der Waals surface area contributed by atoms with Gasteiger partial charge in [0.05, 0.1) is 0 Å². The summed E-state index contributed by atoms with van der Waals surface area (Å²) in [5, 5.41) is 3.12. The molecular weight excluding hydrogens is 282 g/mol. The van der Waals surface area contributed by atoms with E-state index in [1.54, 1.807) is 0 Å². The lowest BCUT2D eigenvalue weighted by molar-refractivity contribution is 0.0536. The molecule has 2 heterocycles. The highest BCUT2D eigenvalue weighted by Gasteiger charge is 2.37. The summed E-state index contributed by atoms with van der Waals surface area (Å²) < 4.78 is 0.273. The number of amides is 2. The quantitative estimate of drug-likeness (QED) is 0.814. The first-order valence-electron chi connectivity index (χ1n) is 8.24. The van der Waals surface area contributed by atoms with Crippen molar-refractivity contribution >= 4 is 17.8 Å². The minimum Gasteiger partial charge on any atom is -0.337 e. The summed E-state index contributed by atoms with van der Waals surface area (Å²) in [5.74, 6) is 1.66. The van der Waals surface area contributed by atoms with E-state index in [4.69, 9.17) is 0 Å². The van der Waals surface area contributed by atoms with Crippen molar-refractivity contribution in [3.8, 4) is 0 Å². The van der Waals surface area contributed by atoms with Crippen LogP contribution in [-0.4, -0.2) is 65.6 Å².